The maximum atomic E-state index is 13.2. The highest BCUT2D eigenvalue weighted by molar-refractivity contribution is 6.69. The van der Waals surface area contributed by atoms with Gasteiger partial charge in [0.15, 0.2) is 14.4 Å². The van der Waals surface area contributed by atoms with Gasteiger partial charge < -0.3 is 19.0 Å². The van der Waals surface area contributed by atoms with E-state index >= 15 is 0 Å². The van der Waals surface area contributed by atoms with Gasteiger partial charge in [0.25, 0.3) is 0 Å². The molecule has 0 amide bonds. The zero-order chi connectivity index (χ0) is 25.0. The van der Waals surface area contributed by atoms with Gasteiger partial charge in [-0.2, -0.15) is 0 Å². The number of carbonyl (C=O) groups is 1. The van der Waals surface area contributed by atoms with Crippen molar-refractivity contribution in [1.29, 1.82) is 0 Å². The van der Waals surface area contributed by atoms with Crippen LogP contribution >= 0.6 is 0 Å². The van der Waals surface area contributed by atoms with Crippen molar-refractivity contribution in [2.75, 3.05) is 0 Å². The van der Waals surface area contributed by atoms with Crippen LogP contribution in [-0.4, -0.2) is 43.0 Å². The van der Waals surface area contributed by atoms with Gasteiger partial charge in [-0.3, -0.25) is 4.79 Å². The van der Waals surface area contributed by atoms with Crippen LogP contribution in [0.5, 0.6) is 0 Å². The summed E-state index contributed by atoms with van der Waals surface area (Å²) in [5.41, 5.74) is -0.395. The van der Waals surface area contributed by atoms with Gasteiger partial charge in [-0.25, -0.2) is 0 Å². The Balaban J connectivity index is 2.16. The third-order valence-electron chi connectivity index (χ3n) is 7.58. The van der Waals surface area contributed by atoms with Crippen molar-refractivity contribution in [3.63, 3.8) is 0 Å². The molecule has 2 aliphatic heterocycles. The van der Waals surface area contributed by atoms with Crippen LogP contribution < -0.4 is 0 Å². The Bertz CT molecular complexity index is 800. The standard InChI is InChI=1S/C27H46O5Si/c1-17(2)19-12-11-18(3)20-15-22-26(7,29)13-14-27(31-22,32-33(8,9)10)23(16-21(19)20)30-24(28)25(4,5)6/h11,13-14,17,19-23,29H,12,15-16H2,1-10H3/t19-,20+,21-,22+,23-,26+,27-/m1/s1. The van der Waals surface area contributed by atoms with Crippen molar-refractivity contribution in [2.24, 2.45) is 29.1 Å². The molecule has 1 N–H and O–H groups in total. The molecular weight excluding hydrogens is 432 g/mol. The van der Waals surface area contributed by atoms with Gasteiger partial charge in [0, 0.05) is 0 Å². The Morgan fingerprint density at radius 3 is 2.39 bits per heavy atom. The number of allylic oxidation sites excluding steroid dienone is 2. The first-order chi connectivity index (χ1) is 15.0. The summed E-state index contributed by atoms with van der Waals surface area (Å²) in [6, 6.07) is 0. The zero-order valence-electron chi connectivity index (χ0n) is 22.4. The van der Waals surface area contributed by atoms with Crippen LogP contribution in [0.2, 0.25) is 19.6 Å². The first kappa shape index (κ1) is 26.6. The van der Waals surface area contributed by atoms with Crippen LogP contribution in [0.1, 0.15) is 67.7 Å². The van der Waals surface area contributed by atoms with Gasteiger partial charge in [-0.1, -0.05) is 25.5 Å². The number of esters is 1. The Morgan fingerprint density at radius 1 is 1.21 bits per heavy atom. The van der Waals surface area contributed by atoms with Gasteiger partial charge >= 0.3 is 5.97 Å². The molecule has 1 fully saturated rings. The summed E-state index contributed by atoms with van der Waals surface area (Å²) in [6.07, 6.45) is 7.42. The van der Waals surface area contributed by atoms with E-state index in [-0.39, 0.29) is 11.9 Å². The van der Waals surface area contributed by atoms with Crippen molar-refractivity contribution < 1.29 is 23.8 Å². The van der Waals surface area contributed by atoms with Crippen LogP contribution in [0.25, 0.3) is 0 Å². The van der Waals surface area contributed by atoms with Crippen LogP contribution in [0.15, 0.2) is 23.8 Å². The fourth-order valence-electron chi connectivity index (χ4n) is 5.67. The van der Waals surface area contributed by atoms with Crippen molar-refractivity contribution in [3.8, 4) is 0 Å². The lowest BCUT2D eigenvalue weighted by molar-refractivity contribution is -0.286. The number of carbonyl (C=O) groups excluding carboxylic acids is 1. The molecular formula is C27H46O5Si. The highest BCUT2D eigenvalue weighted by Crippen LogP contribution is 2.51. The Morgan fingerprint density at radius 2 is 1.85 bits per heavy atom. The number of ether oxygens (including phenoxy) is 2. The minimum Gasteiger partial charge on any atom is -0.456 e. The van der Waals surface area contributed by atoms with Crippen LogP contribution in [-0.2, 0) is 18.7 Å². The predicted octanol–water partition coefficient (Wildman–Crippen LogP) is 5.85. The Labute approximate surface area is 202 Å². The number of rotatable bonds is 4. The fourth-order valence-corrected chi connectivity index (χ4v) is 6.88. The normalized spacial score (nSPS) is 39.4. The van der Waals surface area contributed by atoms with Crippen LogP contribution in [0, 0.1) is 29.1 Å². The monoisotopic (exact) mass is 478 g/mol. The topological polar surface area (TPSA) is 65.0 Å². The minimum absolute atomic E-state index is 0.252. The molecule has 0 spiro atoms. The summed E-state index contributed by atoms with van der Waals surface area (Å²) in [5, 5.41) is 11.3. The third-order valence-corrected chi connectivity index (χ3v) is 8.51. The highest BCUT2D eigenvalue weighted by Gasteiger charge is 2.56. The third kappa shape index (κ3) is 5.66. The molecule has 5 nitrogen and oxygen atoms in total. The summed E-state index contributed by atoms with van der Waals surface area (Å²) in [7, 11) is -2.11. The van der Waals surface area contributed by atoms with Crippen molar-refractivity contribution in [2.45, 2.75) is 111 Å². The van der Waals surface area contributed by atoms with E-state index in [1.807, 2.05) is 26.8 Å². The van der Waals surface area contributed by atoms with Crippen molar-refractivity contribution >= 4 is 14.3 Å². The number of hydrogen-bond donors (Lipinski definition) is 1. The SMILES string of the molecule is CC1=CC[C@H](C(C)C)[C@H]2C[C@@H](OC(=O)C(C)(C)C)[C@]3(O[Si](C)(C)C)C=C[C@](C)(O)[C@H](C[C@@H]12)O3. The summed E-state index contributed by atoms with van der Waals surface area (Å²) in [4.78, 5) is 13.2. The predicted molar refractivity (Wildman–Crippen MR) is 134 cm³/mol. The summed E-state index contributed by atoms with van der Waals surface area (Å²) >= 11 is 0. The summed E-state index contributed by atoms with van der Waals surface area (Å²) in [6.45, 7) is 20.6. The summed E-state index contributed by atoms with van der Waals surface area (Å²) < 4.78 is 19.7. The average Bonchev–Trinajstić information content (AvgIpc) is 2.63. The minimum atomic E-state index is -2.11. The molecule has 0 radical (unpaired) electrons. The first-order valence-corrected chi connectivity index (χ1v) is 16.0. The quantitative estimate of drug-likeness (QED) is 0.312. The molecule has 2 heterocycles. The van der Waals surface area contributed by atoms with Gasteiger partial charge in [0.05, 0.1) is 11.5 Å². The molecule has 33 heavy (non-hydrogen) atoms. The lowest BCUT2D eigenvalue weighted by Gasteiger charge is -2.54. The molecule has 0 unspecified atom stereocenters. The second kappa shape index (κ2) is 8.92. The maximum absolute atomic E-state index is 13.2. The van der Waals surface area contributed by atoms with Gasteiger partial charge in [-0.05, 0) is 109 Å². The van der Waals surface area contributed by atoms with Crippen LogP contribution in [0.4, 0.5) is 0 Å². The number of aliphatic hydroxyl groups is 1. The van der Waals surface area contributed by atoms with E-state index in [1.165, 1.54) is 5.57 Å². The van der Waals surface area contributed by atoms with E-state index in [9.17, 15) is 9.90 Å². The van der Waals surface area contributed by atoms with Gasteiger partial charge in [0.1, 0.15) is 5.60 Å². The molecule has 1 aliphatic carbocycles. The lowest BCUT2D eigenvalue weighted by Crippen LogP contribution is -2.63. The molecule has 6 heteroatoms. The molecule has 0 aromatic rings. The molecule has 3 rings (SSSR count). The van der Waals surface area contributed by atoms with E-state index in [4.69, 9.17) is 13.9 Å². The molecule has 1 saturated heterocycles. The first-order valence-electron chi connectivity index (χ1n) is 12.6. The lowest BCUT2D eigenvalue weighted by atomic mass is 9.62. The highest BCUT2D eigenvalue weighted by atomic mass is 28.4. The number of hydrogen-bond acceptors (Lipinski definition) is 5. The molecule has 2 bridgehead atoms. The second-order valence-corrected chi connectivity index (χ2v) is 17.5. The molecule has 0 aromatic heterocycles. The van der Waals surface area contributed by atoms with E-state index in [2.05, 4.69) is 46.5 Å². The number of fused-ring (bicyclic) bond motifs is 3. The Hall–Kier alpha value is -0.953. The second-order valence-electron chi connectivity index (χ2n) is 13.1. The van der Waals surface area contributed by atoms with E-state index in [0.29, 0.717) is 24.2 Å². The molecule has 0 saturated carbocycles. The van der Waals surface area contributed by atoms with E-state index < -0.39 is 37.3 Å². The zero-order valence-corrected chi connectivity index (χ0v) is 23.4. The molecule has 7 atom stereocenters. The van der Waals surface area contributed by atoms with E-state index in [0.717, 1.165) is 12.8 Å². The van der Waals surface area contributed by atoms with Gasteiger partial charge in [-0.15, -0.1) is 0 Å². The van der Waals surface area contributed by atoms with Crippen LogP contribution in [0.3, 0.4) is 0 Å². The average molecular weight is 479 g/mol. The summed E-state index contributed by atoms with van der Waals surface area (Å²) in [5.74, 6) is 0.149. The van der Waals surface area contributed by atoms with Crippen molar-refractivity contribution in [3.05, 3.63) is 23.8 Å². The maximum Gasteiger partial charge on any atom is 0.311 e. The van der Waals surface area contributed by atoms with Gasteiger partial charge in [0.2, 0.25) is 5.79 Å². The Kier molecular flexibility index (Phi) is 7.21. The van der Waals surface area contributed by atoms with E-state index in [1.54, 1.807) is 13.0 Å². The largest absolute Gasteiger partial charge is 0.456 e. The smallest absolute Gasteiger partial charge is 0.311 e. The molecule has 188 valence electrons. The molecule has 3 aliphatic rings. The van der Waals surface area contributed by atoms with Crippen molar-refractivity contribution in [1.82, 2.24) is 0 Å². The fraction of sp³-hybridized carbons (Fsp3) is 0.815. The molecule has 0 aromatic carbocycles.